The Morgan fingerprint density at radius 1 is 1.41 bits per heavy atom. The number of nitrogens with one attached hydrogen (secondary N) is 2. The van der Waals surface area contributed by atoms with Gasteiger partial charge in [0.1, 0.15) is 0 Å². The molecule has 3 atom stereocenters. The summed E-state index contributed by atoms with van der Waals surface area (Å²) in [6.45, 7) is 3.85. The molecule has 1 aromatic carbocycles. The summed E-state index contributed by atoms with van der Waals surface area (Å²) in [6, 6.07) is 5.35. The lowest BCUT2D eigenvalue weighted by Crippen LogP contribution is -2.43. The van der Waals surface area contributed by atoms with Gasteiger partial charge in [0.15, 0.2) is 0 Å². The van der Waals surface area contributed by atoms with Gasteiger partial charge in [-0.1, -0.05) is 37.1 Å². The molecular formula is C16H23ClN2O2S. The first-order valence-corrected chi connectivity index (χ1v) is 9.47. The van der Waals surface area contributed by atoms with Crippen molar-refractivity contribution in [3.05, 3.63) is 28.8 Å². The zero-order valence-corrected chi connectivity index (χ0v) is 14.6. The Morgan fingerprint density at radius 2 is 2.18 bits per heavy atom. The SMILES string of the molecule is CC[S@](=O)[C@@H]1CCC[C@@H](NC(=O)Nc2c(C)cccc2Cl)C1. The van der Waals surface area contributed by atoms with Crippen molar-refractivity contribution >= 4 is 34.1 Å². The summed E-state index contributed by atoms with van der Waals surface area (Å²) in [4.78, 5) is 12.2. The Bertz CT molecular complexity index is 545. The first-order valence-electron chi connectivity index (χ1n) is 7.71. The van der Waals surface area contributed by atoms with Crippen molar-refractivity contribution in [3.63, 3.8) is 0 Å². The van der Waals surface area contributed by atoms with Gasteiger partial charge in [0.2, 0.25) is 0 Å². The van der Waals surface area contributed by atoms with E-state index < -0.39 is 10.8 Å². The molecular weight excluding hydrogens is 320 g/mol. The Hall–Kier alpha value is -1.07. The molecule has 0 spiro atoms. The number of para-hydroxylation sites is 1. The second-order valence-corrected chi connectivity index (χ2v) is 8.10. The van der Waals surface area contributed by atoms with Gasteiger partial charge in [0.25, 0.3) is 0 Å². The van der Waals surface area contributed by atoms with Crippen LogP contribution in [0, 0.1) is 6.92 Å². The standard InChI is InChI=1S/C16H23ClN2O2S/c1-3-22(21)13-8-5-7-12(10-13)18-16(20)19-15-11(2)6-4-9-14(15)17/h4,6,9,12-13H,3,5,7-8,10H2,1-2H3,(H2,18,19,20)/t12-,13-,22+/m1/s1. The fraction of sp³-hybridized carbons (Fsp3) is 0.562. The molecule has 1 aliphatic rings. The molecule has 0 saturated heterocycles. The molecule has 1 aliphatic carbocycles. The first-order chi connectivity index (χ1) is 10.5. The third-order valence-electron chi connectivity index (χ3n) is 4.08. The van der Waals surface area contributed by atoms with Crippen LogP contribution < -0.4 is 10.6 Å². The quantitative estimate of drug-likeness (QED) is 0.873. The van der Waals surface area contributed by atoms with Gasteiger partial charge in [0.05, 0.1) is 10.7 Å². The molecule has 4 nitrogen and oxygen atoms in total. The maximum Gasteiger partial charge on any atom is 0.319 e. The summed E-state index contributed by atoms with van der Waals surface area (Å²) < 4.78 is 11.9. The molecule has 122 valence electrons. The maximum atomic E-state index is 12.2. The van der Waals surface area contributed by atoms with E-state index in [2.05, 4.69) is 10.6 Å². The zero-order chi connectivity index (χ0) is 16.1. The number of benzene rings is 1. The number of urea groups is 1. The normalized spacial score (nSPS) is 22.9. The van der Waals surface area contributed by atoms with Crippen LogP contribution in [0.15, 0.2) is 18.2 Å². The average molecular weight is 343 g/mol. The lowest BCUT2D eigenvalue weighted by atomic mass is 9.95. The second kappa shape index (κ2) is 7.97. The van der Waals surface area contributed by atoms with Crippen molar-refractivity contribution in [1.29, 1.82) is 0 Å². The number of anilines is 1. The van der Waals surface area contributed by atoms with Gasteiger partial charge in [-0.15, -0.1) is 0 Å². The fourth-order valence-electron chi connectivity index (χ4n) is 2.88. The van der Waals surface area contributed by atoms with Crippen molar-refractivity contribution in [2.24, 2.45) is 0 Å². The topological polar surface area (TPSA) is 58.2 Å². The van der Waals surface area contributed by atoms with E-state index in [1.165, 1.54) is 0 Å². The number of aryl methyl sites for hydroxylation is 1. The first kappa shape index (κ1) is 17.3. The van der Waals surface area contributed by atoms with E-state index in [1.54, 1.807) is 6.07 Å². The fourth-order valence-corrected chi connectivity index (χ4v) is 4.49. The van der Waals surface area contributed by atoms with Gasteiger partial charge in [-0.3, -0.25) is 4.21 Å². The number of amides is 2. The highest BCUT2D eigenvalue weighted by atomic mass is 35.5. The number of rotatable bonds is 4. The van der Waals surface area contributed by atoms with Crippen LogP contribution in [0.1, 0.15) is 38.2 Å². The molecule has 0 bridgehead atoms. The third-order valence-corrected chi connectivity index (χ3v) is 6.13. The predicted molar refractivity (Wildman–Crippen MR) is 93.1 cm³/mol. The summed E-state index contributed by atoms with van der Waals surface area (Å²) >= 11 is 6.12. The molecule has 6 heteroatoms. The van der Waals surface area contributed by atoms with E-state index in [1.807, 2.05) is 26.0 Å². The van der Waals surface area contributed by atoms with Crippen molar-refractivity contribution < 1.29 is 9.00 Å². The molecule has 0 radical (unpaired) electrons. The van der Waals surface area contributed by atoms with Crippen LogP contribution in [0.5, 0.6) is 0 Å². The molecule has 1 fully saturated rings. The van der Waals surface area contributed by atoms with Crippen LogP contribution in [0.2, 0.25) is 5.02 Å². The Morgan fingerprint density at radius 3 is 2.86 bits per heavy atom. The number of carbonyl (C=O) groups is 1. The Kier molecular flexibility index (Phi) is 6.26. The van der Waals surface area contributed by atoms with Gasteiger partial charge in [-0.2, -0.15) is 0 Å². The highest BCUT2D eigenvalue weighted by Gasteiger charge is 2.26. The lowest BCUT2D eigenvalue weighted by molar-refractivity contribution is 0.244. The van der Waals surface area contributed by atoms with Crippen molar-refractivity contribution in [2.45, 2.75) is 50.8 Å². The van der Waals surface area contributed by atoms with E-state index in [0.29, 0.717) is 16.5 Å². The van der Waals surface area contributed by atoms with Gasteiger partial charge >= 0.3 is 6.03 Å². The highest BCUT2D eigenvalue weighted by molar-refractivity contribution is 7.85. The molecule has 0 aromatic heterocycles. The molecule has 0 heterocycles. The van der Waals surface area contributed by atoms with E-state index in [4.69, 9.17) is 11.6 Å². The summed E-state index contributed by atoms with van der Waals surface area (Å²) in [5, 5.41) is 6.54. The van der Waals surface area contributed by atoms with Crippen molar-refractivity contribution in [3.8, 4) is 0 Å². The van der Waals surface area contributed by atoms with Crippen LogP contribution in [0.4, 0.5) is 10.5 Å². The number of hydrogen-bond donors (Lipinski definition) is 2. The minimum absolute atomic E-state index is 0.0806. The molecule has 2 rings (SSSR count). The number of carbonyl (C=O) groups excluding carboxylic acids is 1. The minimum atomic E-state index is -0.787. The highest BCUT2D eigenvalue weighted by Crippen LogP contribution is 2.26. The summed E-state index contributed by atoms with van der Waals surface area (Å²) in [7, 11) is -0.787. The zero-order valence-electron chi connectivity index (χ0n) is 13.0. The van der Waals surface area contributed by atoms with E-state index in [0.717, 1.165) is 31.2 Å². The molecule has 2 amide bonds. The lowest BCUT2D eigenvalue weighted by Gasteiger charge is -2.29. The van der Waals surface area contributed by atoms with Crippen LogP contribution in [-0.4, -0.2) is 27.3 Å². The van der Waals surface area contributed by atoms with Crippen LogP contribution in [0.3, 0.4) is 0 Å². The smallest absolute Gasteiger partial charge is 0.319 e. The van der Waals surface area contributed by atoms with Gasteiger partial charge in [0, 0.05) is 27.8 Å². The molecule has 0 aliphatic heterocycles. The number of hydrogen-bond acceptors (Lipinski definition) is 2. The second-order valence-electron chi connectivity index (χ2n) is 5.69. The van der Waals surface area contributed by atoms with E-state index in [-0.39, 0.29) is 17.3 Å². The predicted octanol–water partition coefficient (Wildman–Crippen LogP) is 3.85. The largest absolute Gasteiger partial charge is 0.335 e. The maximum absolute atomic E-state index is 12.2. The van der Waals surface area contributed by atoms with E-state index >= 15 is 0 Å². The molecule has 1 saturated carbocycles. The van der Waals surface area contributed by atoms with Crippen molar-refractivity contribution in [2.75, 3.05) is 11.1 Å². The minimum Gasteiger partial charge on any atom is -0.335 e. The van der Waals surface area contributed by atoms with Crippen LogP contribution >= 0.6 is 11.6 Å². The van der Waals surface area contributed by atoms with Crippen molar-refractivity contribution in [1.82, 2.24) is 5.32 Å². The Balaban J connectivity index is 1.93. The summed E-state index contributed by atoms with van der Waals surface area (Å²) in [5.41, 5.74) is 1.57. The molecule has 22 heavy (non-hydrogen) atoms. The molecule has 1 aromatic rings. The summed E-state index contributed by atoms with van der Waals surface area (Å²) in [5.74, 6) is 0.683. The van der Waals surface area contributed by atoms with Gasteiger partial charge < -0.3 is 10.6 Å². The van der Waals surface area contributed by atoms with Crippen LogP contribution in [0.25, 0.3) is 0 Å². The van der Waals surface area contributed by atoms with Gasteiger partial charge in [-0.25, -0.2) is 4.79 Å². The average Bonchev–Trinajstić information content (AvgIpc) is 2.50. The van der Waals surface area contributed by atoms with Gasteiger partial charge in [-0.05, 0) is 37.8 Å². The monoisotopic (exact) mass is 342 g/mol. The molecule has 0 unspecified atom stereocenters. The third kappa shape index (κ3) is 4.46. The molecule has 2 N–H and O–H groups in total. The Labute approximate surface area is 139 Å². The number of halogens is 1. The van der Waals surface area contributed by atoms with E-state index in [9.17, 15) is 9.00 Å². The summed E-state index contributed by atoms with van der Waals surface area (Å²) in [6.07, 6.45) is 3.72. The van der Waals surface area contributed by atoms with Crippen LogP contribution in [-0.2, 0) is 10.8 Å².